The standard InChI is InChI=1S/C17H37N3/c1-5-9-11-15(7-3)13-19-17(18)20-14-16(8-4)12-10-6-2/h15-16H,5-14H2,1-4H3,(H3,18,19,20). The predicted octanol–water partition coefficient (Wildman–Crippen LogP) is 4.32. The lowest BCUT2D eigenvalue weighted by atomic mass is 9.99. The Labute approximate surface area is 126 Å². The first-order valence-electron chi connectivity index (χ1n) is 8.71. The molecule has 0 aliphatic heterocycles. The minimum atomic E-state index is 0.634. The Hall–Kier alpha value is -0.730. The van der Waals surface area contributed by atoms with E-state index in [1.54, 1.807) is 0 Å². The van der Waals surface area contributed by atoms with Crippen LogP contribution in [-0.2, 0) is 0 Å². The average Bonchev–Trinajstić information content (AvgIpc) is 2.47. The molecular weight excluding hydrogens is 246 g/mol. The van der Waals surface area contributed by atoms with Crippen molar-refractivity contribution in [3.63, 3.8) is 0 Å². The number of nitrogens with zero attached hydrogens (tertiary/aromatic N) is 1. The number of guanidine groups is 1. The maximum Gasteiger partial charge on any atom is 0.188 e. The summed E-state index contributed by atoms with van der Waals surface area (Å²) in [4.78, 5) is 4.52. The molecule has 0 fully saturated rings. The summed E-state index contributed by atoms with van der Waals surface area (Å²) in [5.41, 5.74) is 5.98. The molecule has 0 amide bonds. The topological polar surface area (TPSA) is 50.4 Å². The van der Waals surface area contributed by atoms with Gasteiger partial charge in [-0.25, -0.2) is 0 Å². The Morgan fingerprint density at radius 3 is 2.00 bits per heavy atom. The first kappa shape index (κ1) is 19.3. The number of rotatable bonds is 12. The molecule has 0 heterocycles. The molecule has 0 rings (SSSR count). The minimum Gasteiger partial charge on any atom is -0.370 e. The lowest BCUT2D eigenvalue weighted by Crippen LogP contribution is -2.35. The van der Waals surface area contributed by atoms with E-state index in [4.69, 9.17) is 5.73 Å². The Bertz CT molecular complexity index is 238. The third kappa shape index (κ3) is 10.1. The fourth-order valence-electron chi connectivity index (χ4n) is 2.39. The van der Waals surface area contributed by atoms with Gasteiger partial charge in [0, 0.05) is 13.1 Å². The van der Waals surface area contributed by atoms with Crippen molar-refractivity contribution in [2.75, 3.05) is 13.1 Å². The highest BCUT2D eigenvalue weighted by Crippen LogP contribution is 2.13. The Morgan fingerprint density at radius 1 is 0.950 bits per heavy atom. The van der Waals surface area contributed by atoms with Crippen LogP contribution in [0, 0.1) is 11.8 Å². The minimum absolute atomic E-state index is 0.634. The number of hydrogen-bond donors (Lipinski definition) is 2. The normalized spacial score (nSPS) is 15.1. The molecule has 0 radical (unpaired) electrons. The van der Waals surface area contributed by atoms with Crippen LogP contribution in [0.2, 0.25) is 0 Å². The maximum absolute atomic E-state index is 5.98. The van der Waals surface area contributed by atoms with E-state index < -0.39 is 0 Å². The summed E-state index contributed by atoms with van der Waals surface area (Å²) in [7, 11) is 0. The lowest BCUT2D eigenvalue weighted by molar-refractivity contribution is 0.442. The molecule has 3 N–H and O–H groups in total. The van der Waals surface area contributed by atoms with E-state index in [1.165, 1.54) is 51.4 Å². The third-order valence-electron chi connectivity index (χ3n) is 4.18. The quantitative estimate of drug-likeness (QED) is 0.414. The molecule has 0 aromatic carbocycles. The summed E-state index contributed by atoms with van der Waals surface area (Å²) in [6.45, 7) is 10.8. The molecular formula is C17H37N3. The van der Waals surface area contributed by atoms with Gasteiger partial charge in [0.25, 0.3) is 0 Å². The largest absolute Gasteiger partial charge is 0.370 e. The van der Waals surface area contributed by atoms with Crippen molar-refractivity contribution in [2.24, 2.45) is 22.6 Å². The van der Waals surface area contributed by atoms with Crippen molar-refractivity contribution in [3.8, 4) is 0 Å². The van der Waals surface area contributed by atoms with Gasteiger partial charge in [-0.1, -0.05) is 66.2 Å². The fourth-order valence-corrected chi connectivity index (χ4v) is 2.39. The molecule has 0 bridgehead atoms. The maximum atomic E-state index is 5.98. The number of unbranched alkanes of at least 4 members (excludes halogenated alkanes) is 2. The van der Waals surface area contributed by atoms with Gasteiger partial charge in [0.15, 0.2) is 5.96 Å². The molecule has 3 heteroatoms. The molecule has 2 atom stereocenters. The zero-order valence-electron chi connectivity index (χ0n) is 14.3. The highest BCUT2D eigenvalue weighted by molar-refractivity contribution is 5.77. The molecule has 20 heavy (non-hydrogen) atoms. The summed E-state index contributed by atoms with van der Waals surface area (Å²) in [6.07, 6.45) is 10.1. The van der Waals surface area contributed by atoms with Crippen molar-refractivity contribution < 1.29 is 0 Å². The monoisotopic (exact) mass is 283 g/mol. The Kier molecular flexibility index (Phi) is 12.8. The second-order valence-electron chi connectivity index (χ2n) is 5.94. The van der Waals surface area contributed by atoms with Gasteiger partial charge in [0.05, 0.1) is 0 Å². The summed E-state index contributed by atoms with van der Waals surface area (Å²) in [6, 6.07) is 0. The van der Waals surface area contributed by atoms with E-state index in [9.17, 15) is 0 Å². The van der Waals surface area contributed by atoms with E-state index in [-0.39, 0.29) is 0 Å². The van der Waals surface area contributed by atoms with Crippen molar-refractivity contribution in [1.82, 2.24) is 5.32 Å². The van der Waals surface area contributed by atoms with Crippen LogP contribution in [-0.4, -0.2) is 19.0 Å². The number of nitrogens with two attached hydrogens (primary N) is 1. The van der Waals surface area contributed by atoms with E-state index in [0.29, 0.717) is 11.9 Å². The summed E-state index contributed by atoms with van der Waals surface area (Å²) in [5.74, 6) is 2.05. The van der Waals surface area contributed by atoms with Crippen molar-refractivity contribution >= 4 is 5.96 Å². The van der Waals surface area contributed by atoms with Gasteiger partial charge in [0.2, 0.25) is 0 Å². The van der Waals surface area contributed by atoms with Crippen LogP contribution >= 0.6 is 0 Å². The first-order chi connectivity index (χ1) is 9.67. The van der Waals surface area contributed by atoms with Crippen LogP contribution in [0.15, 0.2) is 4.99 Å². The smallest absolute Gasteiger partial charge is 0.188 e. The van der Waals surface area contributed by atoms with Gasteiger partial charge in [-0.15, -0.1) is 0 Å². The predicted molar refractivity (Wildman–Crippen MR) is 91.1 cm³/mol. The summed E-state index contributed by atoms with van der Waals surface area (Å²) >= 11 is 0. The molecule has 0 saturated carbocycles. The molecule has 2 unspecified atom stereocenters. The number of hydrogen-bond acceptors (Lipinski definition) is 1. The van der Waals surface area contributed by atoms with Gasteiger partial charge in [-0.3, -0.25) is 4.99 Å². The second-order valence-corrected chi connectivity index (χ2v) is 5.94. The number of aliphatic imine (C=N–C) groups is 1. The zero-order chi connectivity index (χ0) is 15.2. The molecule has 0 saturated heterocycles. The average molecular weight is 284 g/mol. The van der Waals surface area contributed by atoms with Gasteiger partial charge >= 0.3 is 0 Å². The van der Waals surface area contributed by atoms with E-state index in [0.717, 1.165) is 19.0 Å². The molecule has 0 aromatic rings. The third-order valence-corrected chi connectivity index (χ3v) is 4.18. The summed E-state index contributed by atoms with van der Waals surface area (Å²) in [5, 5.41) is 3.31. The van der Waals surface area contributed by atoms with Crippen LogP contribution in [0.1, 0.15) is 79.1 Å². The molecule has 0 aliphatic rings. The molecule has 0 aromatic heterocycles. The summed E-state index contributed by atoms with van der Waals surface area (Å²) < 4.78 is 0. The van der Waals surface area contributed by atoms with Gasteiger partial charge in [0.1, 0.15) is 0 Å². The zero-order valence-corrected chi connectivity index (χ0v) is 14.3. The lowest BCUT2D eigenvalue weighted by Gasteiger charge is -2.16. The first-order valence-corrected chi connectivity index (χ1v) is 8.71. The van der Waals surface area contributed by atoms with Gasteiger partial charge in [-0.2, -0.15) is 0 Å². The SMILES string of the molecule is CCCCC(CC)CN=C(N)NCC(CC)CCCC. The van der Waals surface area contributed by atoms with E-state index >= 15 is 0 Å². The van der Waals surface area contributed by atoms with Crippen LogP contribution in [0.5, 0.6) is 0 Å². The van der Waals surface area contributed by atoms with Gasteiger partial charge in [-0.05, 0) is 24.7 Å². The van der Waals surface area contributed by atoms with Crippen molar-refractivity contribution in [1.29, 1.82) is 0 Å². The molecule has 0 aliphatic carbocycles. The Morgan fingerprint density at radius 2 is 1.50 bits per heavy atom. The van der Waals surface area contributed by atoms with Gasteiger partial charge < -0.3 is 11.1 Å². The molecule has 120 valence electrons. The number of nitrogens with one attached hydrogen (secondary N) is 1. The van der Waals surface area contributed by atoms with Crippen molar-refractivity contribution in [2.45, 2.75) is 79.1 Å². The van der Waals surface area contributed by atoms with E-state index in [1.807, 2.05) is 0 Å². The Balaban J connectivity index is 3.97. The molecule has 0 spiro atoms. The van der Waals surface area contributed by atoms with Crippen molar-refractivity contribution in [3.05, 3.63) is 0 Å². The fraction of sp³-hybridized carbons (Fsp3) is 0.941. The van der Waals surface area contributed by atoms with Crippen LogP contribution in [0.3, 0.4) is 0 Å². The van der Waals surface area contributed by atoms with Crippen LogP contribution < -0.4 is 11.1 Å². The highest BCUT2D eigenvalue weighted by Gasteiger charge is 2.07. The van der Waals surface area contributed by atoms with E-state index in [2.05, 4.69) is 38.0 Å². The highest BCUT2D eigenvalue weighted by atomic mass is 15.1. The second kappa shape index (κ2) is 13.3. The van der Waals surface area contributed by atoms with Crippen LogP contribution in [0.4, 0.5) is 0 Å². The van der Waals surface area contributed by atoms with Crippen LogP contribution in [0.25, 0.3) is 0 Å². The molecule has 3 nitrogen and oxygen atoms in total.